The van der Waals surface area contributed by atoms with E-state index in [2.05, 4.69) is 24.1 Å². The van der Waals surface area contributed by atoms with Crippen LogP contribution in [0.15, 0.2) is 30.3 Å². The molecule has 0 bridgehead atoms. The maximum absolute atomic E-state index is 12.9. The summed E-state index contributed by atoms with van der Waals surface area (Å²) in [4.78, 5) is 41.3. The van der Waals surface area contributed by atoms with E-state index < -0.39 is 10.8 Å². The number of halogens is 1. The van der Waals surface area contributed by atoms with Crippen molar-refractivity contribution in [3.05, 3.63) is 35.9 Å². The van der Waals surface area contributed by atoms with Crippen LogP contribution in [0.25, 0.3) is 0 Å². The van der Waals surface area contributed by atoms with E-state index in [1.165, 1.54) is 0 Å². The van der Waals surface area contributed by atoms with Crippen LogP contribution in [-0.4, -0.2) is 76.5 Å². The number of nitrogens with one attached hydrogen (secondary N) is 1. The third-order valence-electron chi connectivity index (χ3n) is 5.82. The molecule has 1 aromatic rings. The lowest BCUT2D eigenvalue weighted by atomic mass is 9.96. The standard InChI is InChI=1S/C22H31N3O4S.ClH/c1-4-24(5-2)11-12-29-21(28)20-22(3,30-19-14-18(27)25(19)20)15-23-17(26)13-16-9-7-6-8-10-16;/h6-10,19-20H,4-5,11-15H2,1-3H3,(H,23,26);1H/t19-,20+,22?;/m1./s1. The summed E-state index contributed by atoms with van der Waals surface area (Å²) >= 11 is 1.58. The lowest BCUT2D eigenvalue weighted by molar-refractivity contribution is -0.161. The fraction of sp³-hybridized carbons (Fsp3) is 0.591. The molecular weight excluding hydrogens is 438 g/mol. The highest BCUT2D eigenvalue weighted by atomic mass is 35.5. The second-order valence-electron chi connectivity index (χ2n) is 7.93. The van der Waals surface area contributed by atoms with E-state index in [0.717, 1.165) is 18.7 Å². The lowest BCUT2D eigenvalue weighted by Crippen LogP contribution is -2.59. The van der Waals surface area contributed by atoms with Crippen LogP contribution >= 0.6 is 24.2 Å². The summed E-state index contributed by atoms with van der Waals surface area (Å²) in [6, 6.07) is 8.85. The molecule has 3 rings (SSSR count). The van der Waals surface area contributed by atoms with Crippen molar-refractivity contribution in [2.75, 3.05) is 32.8 Å². The van der Waals surface area contributed by atoms with Crippen LogP contribution < -0.4 is 5.32 Å². The number of esters is 1. The first-order chi connectivity index (χ1) is 14.4. The predicted molar refractivity (Wildman–Crippen MR) is 124 cm³/mol. The normalized spacial score (nSPS) is 24.3. The number of β-lactam (4-membered cyclic amide) rings is 1. The molecule has 2 aliphatic rings. The molecule has 0 saturated carbocycles. The van der Waals surface area contributed by atoms with Crippen molar-refractivity contribution in [1.82, 2.24) is 15.1 Å². The molecule has 0 aromatic heterocycles. The molecule has 1 aromatic carbocycles. The number of carbonyl (C=O) groups excluding carboxylic acids is 3. The number of fused-ring (bicyclic) bond motifs is 1. The highest BCUT2D eigenvalue weighted by molar-refractivity contribution is 8.01. The Morgan fingerprint density at radius 1 is 1.26 bits per heavy atom. The summed E-state index contributed by atoms with van der Waals surface area (Å²) in [5, 5.41) is 2.94. The van der Waals surface area contributed by atoms with E-state index in [9.17, 15) is 14.4 Å². The van der Waals surface area contributed by atoms with E-state index in [1.54, 1.807) is 16.7 Å². The minimum absolute atomic E-state index is 0. The largest absolute Gasteiger partial charge is 0.463 e. The second kappa shape index (κ2) is 11.2. The van der Waals surface area contributed by atoms with Gasteiger partial charge in [-0.2, -0.15) is 0 Å². The van der Waals surface area contributed by atoms with Crippen molar-refractivity contribution in [1.29, 1.82) is 0 Å². The highest BCUT2D eigenvalue weighted by Gasteiger charge is 2.61. The molecule has 2 aliphatic heterocycles. The van der Waals surface area contributed by atoms with Gasteiger partial charge in [-0.25, -0.2) is 4.79 Å². The van der Waals surface area contributed by atoms with Crippen molar-refractivity contribution in [3.8, 4) is 0 Å². The number of carbonyl (C=O) groups is 3. The van der Waals surface area contributed by atoms with Gasteiger partial charge in [0.05, 0.1) is 23.0 Å². The second-order valence-corrected chi connectivity index (χ2v) is 9.64. The zero-order valence-electron chi connectivity index (χ0n) is 18.3. The van der Waals surface area contributed by atoms with Gasteiger partial charge in [-0.05, 0) is 25.6 Å². The fourth-order valence-corrected chi connectivity index (χ4v) is 5.69. The molecule has 31 heavy (non-hydrogen) atoms. The third-order valence-corrected chi connectivity index (χ3v) is 7.39. The number of amides is 2. The number of hydrogen-bond acceptors (Lipinski definition) is 6. The van der Waals surface area contributed by atoms with Crippen LogP contribution in [-0.2, 0) is 25.5 Å². The maximum Gasteiger partial charge on any atom is 0.330 e. The molecule has 1 unspecified atom stereocenters. The molecule has 2 heterocycles. The molecule has 2 saturated heterocycles. The van der Waals surface area contributed by atoms with Crippen molar-refractivity contribution < 1.29 is 19.1 Å². The van der Waals surface area contributed by atoms with E-state index in [4.69, 9.17) is 4.74 Å². The Morgan fingerprint density at radius 2 is 1.94 bits per heavy atom. The summed E-state index contributed by atoms with van der Waals surface area (Å²) in [6.07, 6.45) is 0.716. The maximum atomic E-state index is 12.9. The average molecular weight is 470 g/mol. The Balaban J connectivity index is 0.00000341. The summed E-state index contributed by atoms with van der Waals surface area (Å²) in [6.45, 7) is 9.12. The van der Waals surface area contributed by atoms with Gasteiger partial charge < -0.3 is 19.9 Å². The molecule has 7 nitrogen and oxygen atoms in total. The van der Waals surface area contributed by atoms with Gasteiger partial charge in [0, 0.05) is 13.1 Å². The Labute approximate surface area is 194 Å². The first kappa shape index (κ1) is 25.5. The first-order valence-electron chi connectivity index (χ1n) is 10.6. The van der Waals surface area contributed by atoms with Crippen LogP contribution in [0.1, 0.15) is 32.8 Å². The molecule has 2 fully saturated rings. The Kier molecular flexibility index (Phi) is 9.21. The van der Waals surface area contributed by atoms with E-state index in [0.29, 0.717) is 26.1 Å². The number of ether oxygens (including phenoxy) is 1. The van der Waals surface area contributed by atoms with Gasteiger partial charge in [0.15, 0.2) is 0 Å². The smallest absolute Gasteiger partial charge is 0.330 e. The van der Waals surface area contributed by atoms with Crippen LogP contribution in [0.3, 0.4) is 0 Å². The SMILES string of the molecule is CCN(CC)CCOC(=O)[C@@H]1N2C(=O)C[C@H]2SC1(C)CNC(=O)Cc1ccccc1.Cl. The summed E-state index contributed by atoms with van der Waals surface area (Å²) in [5.74, 6) is -0.514. The molecule has 0 aliphatic carbocycles. The van der Waals surface area contributed by atoms with E-state index in [1.807, 2.05) is 37.3 Å². The van der Waals surface area contributed by atoms with Gasteiger partial charge in [0.25, 0.3) is 0 Å². The molecule has 3 atom stereocenters. The van der Waals surface area contributed by atoms with Crippen molar-refractivity contribution in [2.24, 2.45) is 0 Å². The van der Waals surface area contributed by atoms with Crippen LogP contribution in [0.2, 0.25) is 0 Å². The summed E-state index contributed by atoms with van der Waals surface area (Å²) in [5.41, 5.74) is 0.936. The Morgan fingerprint density at radius 3 is 2.55 bits per heavy atom. The van der Waals surface area contributed by atoms with E-state index >= 15 is 0 Å². The number of hydrogen-bond donors (Lipinski definition) is 1. The van der Waals surface area contributed by atoms with Gasteiger partial charge in [-0.3, -0.25) is 9.59 Å². The number of nitrogens with zero attached hydrogens (tertiary/aromatic N) is 2. The van der Waals surface area contributed by atoms with Gasteiger partial charge >= 0.3 is 5.97 Å². The van der Waals surface area contributed by atoms with Gasteiger partial charge in [0.2, 0.25) is 11.8 Å². The molecule has 0 radical (unpaired) electrons. The van der Waals surface area contributed by atoms with Crippen LogP contribution in [0.4, 0.5) is 0 Å². The number of benzene rings is 1. The quantitative estimate of drug-likeness (QED) is 0.417. The van der Waals surface area contributed by atoms with Crippen molar-refractivity contribution >= 4 is 42.0 Å². The minimum Gasteiger partial charge on any atom is -0.463 e. The van der Waals surface area contributed by atoms with E-state index in [-0.39, 0.29) is 42.0 Å². The summed E-state index contributed by atoms with van der Waals surface area (Å²) < 4.78 is 4.94. The van der Waals surface area contributed by atoms with Gasteiger partial charge in [0.1, 0.15) is 12.6 Å². The van der Waals surface area contributed by atoms with Gasteiger partial charge in [-0.15, -0.1) is 24.2 Å². The Bertz CT molecular complexity index is 777. The molecule has 1 N–H and O–H groups in total. The molecule has 172 valence electrons. The Hall–Kier alpha value is -1.77. The zero-order valence-corrected chi connectivity index (χ0v) is 20.0. The van der Waals surface area contributed by atoms with Crippen molar-refractivity contribution in [2.45, 2.75) is 49.8 Å². The van der Waals surface area contributed by atoms with Crippen LogP contribution in [0, 0.1) is 0 Å². The molecule has 0 spiro atoms. The zero-order chi connectivity index (χ0) is 21.7. The summed E-state index contributed by atoms with van der Waals surface area (Å²) in [7, 11) is 0. The minimum atomic E-state index is -0.678. The fourth-order valence-electron chi connectivity index (χ4n) is 3.99. The average Bonchev–Trinajstić information content (AvgIpc) is 2.98. The van der Waals surface area contributed by atoms with Gasteiger partial charge in [-0.1, -0.05) is 44.2 Å². The third kappa shape index (κ3) is 5.93. The molecule has 2 amide bonds. The number of rotatable bonds is 10. The predicted octanol–water partition coefficient (Wildman–Crippen LogP) is 2.08. The number of thioether (sulfide) groups is 1. The van der Waals surface area contributed by atoms with Crippen LogP contribution in [0.5, 0.6) is 0 Å². The molecular formula is C22H32ClN3O4S. The highest BCUT2D eigenvalue weighted by Crippen LogP contribution is 2.50. The topological polar surface area (TPSA) is 79.0 Å². The van der Waals surface area contributed by atoms with Crippen molar-refractivity contribution in [3.63, 3.8) is 0 Å². The first-order valence-corrected chi connectivity index (χ1v) is 11.4. The lowest BCUT2D eigenvalue weighted by Gasteiger charge is -2.38. The monoisotopic (exact) mass is 469 g/mol. The molecule has 9 heteroatoms. The number of likely N-dealkylation sites (N-methyl/N-ethyl adjacent to an activating group) is 1.